The van der Waals surface area contributed by atoms with Crippen molar-refractivity contribution in [3.63, 3.8) is 0 Å². The first-order chi connectivity index (χ1) is 8.32. The lowest BCUT2D eigenvalue weighted by atomic mass is 9.77. The Balaban J connectivity index is 2.23. The van der Waals surface area contributed by atoms with Crippen molar-refractivity contribution >= 4 is 0 Å². The molecule has 96 valence electrons. The van der Waals surface area contributed by atoms with Crippen molar-refractivity contribution in [2.75, 3.05) is 6.61 Å². The van der Waals surface area contributed by atoms with Gasteiger partial charge in [-0.15, -0.1) is 0 Å². The van der Waals surface area contributed by atoms with Crippen LogP contribution in [0, 0.1) is 0 Å². The molecule has 0 aromatic carbocycles. The van der Waals surface area contributed by atoms with Gasteiger partial charge in [0.2, 0.25) is 0 Å². The maximum atomic E-state index is 6.06. The van der Waals surface area contributed by atoms with Crippen LogP contribution in [0.15, 0.2) is 23.0 Å². The molecular formula is C13H22N2O2. The maximum Gasteiger partial charge on any atom is 0.0952 e. The third kappa shape index (κ3) is 2.54. The van der Waals surface area contributed by atoms with Gasteiger partial charge in [0.15, 0.2) is 0 Å². The highest BCUT2D eigenvalue weighted by Crippen LogP contribution is 2.41. The summed E-state index contributed by atoms with van der Waals surface area (Å²) in [5.74, 6) is 5.74. The minimum Gasteiger partial charge on any atom is -0.472 e. The lowest BCUT2D eigenvalue weighted by Crippen LogP contribution is -2.49. The monoisotopic (exact) mass is 238 g/mol. The molecule has 1 heterocycles. The molecule has 1 aliphatic carbocycles. The number of hydrogen-bond donors (Lipinski definition) is 2. The first-order valence-electron chi connectivity index (χ1n) is 6.44. The van der Waals surface area contributed by atoms with Crippen molar-refractivity contribution in [3.05, 3.63) is 24.2 Å². The molecule has 1 unspecified atom stereocenters. The Morgan fingerprint density at radius 1 is 1.47 bits per heavy atom. The fourth-order valence-corrected chi connectivity index (χ4v) is 2.95. The average molecular weight is 238 g/mol. The molecule has 1 atom stereocenters. The molecule has 0 radical (unpaired) electrons. The van der Waals surface area contributed by atoms with Crippen LogP contribution < -0.4 is 11.3 Å². The van der Waals surface area contributed by atoms with E-state index in [2.05, 4.69) is 5.43 Å². The van der Waals surface area contributed by atoms with E-state index < -0.39 is 0 Å². The van der Waals surface area contributed by atoms with Gasteiger partial charge in [-0.3, -0.25) is 5.84 Å². The first kappa shape index (κ1) is 12.6. The second-order valence-corrected chi connectivity index (χ2v) is 4.71. The summed E-state index contributed by atoms with van der Waals surface area (Å²) in [4.78, 5) is 0. The van der Waals surface area contributed by atoms with Gasteiger partial charge in [-0.05, 0) is 25.8 Å². The average Bonchev–Trinajstić information content (AvgIpc) is 2.85. The van der Waals surface area contributed by atoms with Crippen LogP contribution in [-0.2, 0) is 4.74 Å². The molecule has 1 aromatic heterocycles. The summed E-state index contributed by atoms with van der Waals surface area (Å²) in [6.07, 6.45) is 9.24. The van der Waals surface area contributed by atoms with E-state index in [-0.39, 0.29) is 11.6 Å². The zero-order valence-corrected chi connectivity index (χ0v) is 10.4. The van der Waals surface area contributed by atoms with Crippen LogP contribution in [-0.4, -0.2) is 12.2 Å². The van der Waals surface area contributed by atoms with Gasteiger partial charge in [0, 0.05) is 12.2 Å². The number of nitrogens with two attached hydrogens (primary N) is 1. The molecule has 1 aliphatic rings. The molecule has 0 bridgehead atoms. The Kier molecular flexibility index (Phi) is 4.20. The molecule has 1 fully saturated rings. The summed E-state index contributed by atoms with van der Waals surface area (Å²) >= 11 is 0. The summed E-state index contributed by atoms with van der Waals surface area (Å²) in [6, 6.07) is 1.97. The second-order valence-electron chi connectivity index (χ2n) is 4.71. The fraction of sp³-hybridized carbons (Fsp3) is 0.692. The van der Waals surface area contributed by atoms with Crippen molar-refractivity contribution in [3.8, 4) is 0 Å². The fourth-order valence-electron chi connectivity index (χ4n) is 2.95. The van der Waals surface area contributed by atoms with Gasteiger partial charge in [0.05, 0.1) is 24.2 Å². The molecule has 0 aliphatic heterocycles. The van der Waals surface area contributed by atoms with Crippen molar-refractivity contribution in [1.82, 2.24) is 5.43 Å². The second kappa shape index (κ2) is 5.67. The molecule has 4 nitrogen and oxygen atoms in total. The van der Waals surface area contributed by atoms with Crippen LogP contribution in [0.5, 0.6) is 0 Å². The minimum atomic E-state index is -0.175. The highest BCUT2D eigenvalue weighted by Gasteiger charge is 2.41. The quantitative estimate of drug-likeness (QED) is 0.611. The lowest BCUT2D eigenvalue weighted by molar-refractivity contribution is -0.0914. The van der Waals surface area contributed by atoms with Gasteiger partial charge in [-0.1, -0.05) is 19.3 Å². The third-order valence-corrected chi connectivity index (χ3v) is 3.70. The Labute approximate surface area is 102 Å². The van der Waals surface area contributed by atoms with E-state index in [9.17, 15) is 0 Å². The van der Waals surface area contributed by atoms with E-state index in [0.717, 1.165) is 25.0 Å². The molecular weight excluding hydrogens is 216 g/mol. The maximum absolute atomic E-state index is 6.06. The number of ether oxygens (including phenoxy) is 1. The Morgan fingerprint density at radius 2 is 2.24 bits per heavy atom. The zero-order valence-electron chi connectivity index (χ0n) is 10.4. The molecule has 3 N–H and O–H groups in total. The number of nitrogens with one attached hydrogen (secondary N) is 1. The van der Waals surface area contributed by atoms with Crippen LogP contribution in [0.25, 0.3) is 0 Å². The van der Waals surface area contributed by atoms with E-state index >= 15 is 0 Å². The summed E-state index contributed by atoms with van der Waals surface area (Å²) in [5, 5.41) is 0. The van der Waals surface area contributed by atoms with Gasteiger partial charge < -0.3 is 9.15 Å². The van der Waals surface area contributed by atoms with E-state index in [1.165, 1.54) is 19.3 Å². The van der Waals surface area contributed by atoms with Gasteiger partial charge >= 0.3 is 0 Å². The van der Waals surface area contributed by atoms with E-state index in [1.54, 1.807) is 12.5 Å². The topological polar surface area (TPSA) is 60.4 Å². The predicted molar refractivity (Wildman–Crippen MR) is 66.2 cm³/mol. The molecule has 17 heavy (non-hydrogen) atoms. The van der Waals surface area contributed by atoms with Crippen LogP contribution >= 0.6 is 0 Å². The third-order valence-electron chi connectivity index (χ3n) is 3.70. The van der Waals surface area contributed by atoms with Crippen LogP contribution in [0.2, 0.25) is 0 Å². The molecule has 0 spiro atoms. The SMILES string of the molecule is CCOC1(C(NN)c2ccoc2)CCCCC1. The molecule has 1 aromatic rings. The van der Waals surface area contributed by atoms with Gasteiger partial charge in [-0.2, -0.15) is 0 Å². The lowest BCUT2D eigenvalue weighted by Gasteiger charge is -2.42. The summed E-state index contributed by atoms with van der Waals surface area (Å²) in [6.45, 7) is 2.76. The Hall–Kier alpha value is -0.840. The molecule has 0 amide bonds. The number of hydrogen-bond acceptors (Lipinski definition) is 4. The standard InChI is InChI=1S/C13H22N2O2/c1-2-17-13(7-4-3-5-8-13)12(15-14)11-6-9-16-10-11/h6,9-10,12,15H,2-5,7-8,14H2,1H3. The minimum absolute atomic E-state index is 0.0153. The first-order valence-corrected chi connectivity index (χ1v) is 6.44. The number of rotatable bonds is 5. The largest absolute Gasteiger partial charge is 0.472 e. The Morgan fingerprint density at radius 3 is 2.76 bits per heavy atom. The normalized spacial score (nSPS) is 21.3. The number of hydrazine groups is 1. The highest BCUT2D eigenvalue weighted by molar-refractivity contribution is 5.17. The van der Waals surface area contributed by atoms with Crippen molar-refractivity contribution in [2.24, 2.45) is 5.84 Å². The predicted octanol–water partition coefficient (Wildman–Crippen LogP) is 2.52. The van der Waals surface area contributed by atoms with Crippen molar-refractivity contribution < 1.29 is 9.15 Å². The van der Waals surface area contributed by atoms with Crippen molar-refractivity contribution in [1.29, 1.82) is 0 Å². The highest BCUT2D eigenvalue weighted by atomic mass is 16.5. The van der Waals surface area contributed by atoms with Gasteiger partial charge in [0.25, 0.3) is 0 Å². The van der Waals surface area contributed by atoms with Crippen LogP contribution in [0.4, 0.5) is 0 Å². The molecule has 4 heteroatoms. The molecule has 1 saturated carbocycles. The summed E-state index contributed by atoms with van der Waals surface area (Å²) in [7, 11) is 0. The van der Waals surface area contributed by atoms with Gasteiger partial charge in [0.1, 0.15) is 0 Å². The smallest absolute Gasteiger partial charge is 0.0952 e. The molecule has 2 rings (SSSR count). The number of furan rings is 1. The van der Waals surface area contributed by atoms with E-state index in [0.29, 0.717) is 0 Å². The van der Waals surface area contributed by atoms with Crippen LogP contribution in [0.3, 0.4) is 0 Å². The zero-order chi connectivity index (χ0) is 12.1. The van der Waals surface area contributed by atoms with Crippen molar-refractivity contribution in [2.45, 2.75) is 50.7 Å². The summed E-state index contributed by atoms with van der Waals surface area (Å²) < 4.78 is 11.2. The Bertz CT molecular complexity index is 313. The summed E-state index contributed by atoms with van der Waals surface area (Å²) in [5.41, 5.74) is 3.81. The molecule has 0 saturated heterocycles. The van der Waals surface area contributed by atoms with E-state index in [1.807, 2.05) is 13.0 Å². The van der Waals surface area contributed by atoms with E-state index in [4.69, 9.17) is 15.0 Å². The van der Waals surface area contributed by atoms with Crippen LogP contribution in [0.1, 0.15) is 50.6 Å². The van der Waals surface area contributed by atoms with Gasteiger partial charge in [-0.25, -0.2) is 5.43 Å².